The molecule has 0 atom stereocenters. The van der Waals surface area contributed by atoms with Crippen molar-refractivity contribution >= 4 is 6.09 Å². The van der Waals surface area contributed by atoms with Crippen molar-refractivity contribution in [3.05, 3.63) is 0 Å². The van der Waals surface area contributed by atoms with E-state index in [2.05, 4.69) is 4.90 Å². The third-order valence-electron chi connectivity index (χ3n) is 2.78. The summed E-state index contributed by atoms with van der Waals surface area (Å²) in [6.45, 7) is 9.57. The molecule has 0 aromatic carbocycles. The van der Waals surface area contributed by atoms with E-state index in [0.29, 0.717) is 12.5 Å². The second-order valence-electron chi connectivity index (χ2n) is 4.79. The molecule has 1 saturated heterocycles. The highest BCUT2D eigenvalue weighted by atomic mass is 16.6. The van der Waals surface area contributed by atoms with E-state index < -0.39 is 0 Å². The zero-order valence-corrected chi connectivity index (χ0v) is 11.1. The van der Waals surface area contributed by atoms with E-state index in [1.54, 1.807) is 12.0 Å². The quantitative estimate of drug-likeness (QED) is 0.725. The van der Waals surface area contributed by atoms with E-state index in [1.807, 2.05) is 13.8 Å². The Morgan fingerprint density at radius 1 is 1.24 bits per heavy atom. The molecule has 1 rings (SSSR count). The molecule has 0 aromatic heterocycles. The smallest absolute Gasteiger partial charge is 0.409 e. The molecule has 1 fully saturated rings. The SMILES string of the molecule is COCCN1CCN(C(=O)OCC(C)C)CC1. The van der Waals surface area contributed by atoms with Crippen molar-refractivity contribution in [1.82, 2.24) is 9.80 Å². The van der Waals surface area contributed by atoms with Gasteiger partial charge in [-0.3, -0.25) is 4.90 Å². The number of hydrogen-bond donors (Lipinski definition) is 0. The lowest BCUT2D eigenvalue weighted by Gasteiger charge is -2.33. The fourth-order valence-corrected chi connectivity index (χ4v) is 1.70. The molecule has 0 spiro atoms. The van der Waals surface area contributed by atoms with Gasteiger partial charge in [-0.2, -0.15) is 0 Å². The summed E-state index contributed by atoms with van der Waals surface area (Å²) in [6, 6.07) is 0. The molecular weight excluding hydrogens is 220 g/mol. The predicted octanol–water partition coefficient (Wildman–Crippen LogP) is 1.04. The van der Waals surface area contributed by atoms with Crippen molar-refractivity contribution in [1.29, 1.82) is 0 Å². The van der Waals surface area contributed by atoms with E-state index in [1.165, 1.54) is 0 Å². The molecule has 0 bridgehead atoms. The van der Waals surface area contributed by atoms with E-state index in [9.17, 15) is 4.79 Å². The van der Waals surface area contributed by atoms with Crippen LogP contribution >= 0.6 is 0 Å². The highest BCUT2D eigenvalue weighted by Gasteiger charge is 2.21. The third kappa shape index (κ3) is 5.37. The van der Waals surface area contributed by atoms with Crippen LogP contribution in [0.1, 0.15) is 13.8 Å². The van der Waals surface area contributed by atoms with Gasteiger partial charge in [0.1, 0.15) is 0 Å². The van der Waals surface area contributed by atoms with Gasteiger partial charge in [0.25, 0.3) is 0 Å². The predicted molar refractivity (Wildman–Crippen MR) is 66.1 cm³/mol. The minimum absolute atomic E-state index is 0.176. The maximum absolute atomic E-state index is 11.7. The molecule has 0 radical (unpaired) electrons. The van der Waals surface area contributed by atoms with Gasteiger partial charge in [0.15, 0.2) is 0 Å². The number of rotatable bonds is 5. The molecule has 5 heteroatoms. The summed E-state index contributed by atoms with van der Waals surface area (Å²) < 4.78 is 10.2. The molecule has 1 heterocycles. The highest BCUT2D eigenvalue weighted by Crippen LogP contribution is 2.04. The zero-order valence-electron chi connectivity index (χ0n) is 11.1. The molecular formula is C12H24N2O3. The maximum Gasteiger partial charge on any atom is 0.409 e. The van der Waals surface area contributed by atoms with E-state index in [0.717, 1.165) is 39.3 Å². The van der Waals surface area contributed by atoms with Gasteiger partial charge in [0.2, 0.25) is 0 Å². The molecule has 0 N–H and O–H groups in total. The van der Waals surface area contributed by atoms with Crippen molar-refractivity contribution in [3.63, 3.8) is 0 Å². The molecule has 100 valence electrons. The Balaban J connectivity index is 2.19. The van der Waals surface area contributed by atoms with Gasteiger partial charge in [-0.05, 0) is 5.92 Å². The molecule has 0 aromatic rings. The van der Waals surface area contributed by atoms with Gasteiger partial charge in [-0.15, -0.1) is 0 Å². The van der Waals surface area contributed by atoms with Crippen LogP contribution in [0.2, 0.25) is 0 Å². The third-order valence-corrected chi connectivity index (χ3v) is 2.78. The van der Waals surface area contributed by atoms with Crippen molar-refractivity contribution in [3.8, 4) is 0 Å². The lowest BCUT2D eigenvalue weighted by Crippen LogP contribution is -2.49. The van der Waals surface area contributed by atoms with Gasteiger partial charge in [-0.25, -0.2) is 4.79 Å². The number of ether oxygens (including phenoxy) is 2. The number of methoxy groups -OCH3 is 1. The maximum atomic E-state index is 11.7. The molecule has 0 aliphatic carbocycles. The monoisotopic (exact) mass is 244 g/mol. The number of amides is 1. The van der Waals surface area contributed by atoms with Crippen molar-refractivity contribution in [2.75, 3.05) is 53.0 Å². The van der Waals surface area contributed by atoms with Gasteiger partial charge < -0.3 is 14.4 Å². The minimum atomic E-state index is -0.176. The molecule has 1 amide bonds. The Hall–Kier alpha value is -0.810. The Labute approximate surface area is 104 Å². The normalized spacial score (nSPS) is 17.5. The second-order valence-corrected chi connectivity index (χ2v) is 4.79. The van der Waals surface area contributed by atoms with Gasteiger partial charge in [0.05, 0.1) is 13.2 Å². The van der Waals surface area contributed by atoms with E-state index in [-0.39, 0.29) is 6.09 Å². The average Bonchev–Trinajstić information content (AvgIpc) is 2.34. The van der Waals surface area contributed by atoms with Crippen LogP contribution in [0.15, 0.2) is 0 Å². The van der Waals surface area contributed by atoms with Crippen LogP contribution in [-0.4, -0.2) is 68.9 Å². The summed E-state index contributed by atoms with van der Waals surface area (Å²) in [5.41, 5.74) is 0. The van der Waals surface area contributed by atoms with Crippen LogP contribution < -0.4 is 0 Å². The van der Waals surface area contributed by atoms with Crippen LogP contribution in [-0.2, 0) is 9.47 Å². The van der Waals surface area contributed by atoms with Crippen molar-refractivity contribution in [2.24, 2.45) is 5.92 Å². The van der Waals surface area contributed by atoms with Gasteiger partial charge in [0, 0.05) is 39.8 Å². The summed E-state index contributed by atoms with van der Waals surface area (Å²) in [5, 5.41) is 0. The van der Waals surface area contributed by atoms with Crippen LogP contribution in [0.5, 0.6) is 0 Å². The van der Waals surface area contributed by atoms with Gasteiger partial charge in [-0.1, -0.05) is 13.8 Å². The fourth-order valence-electron chi connectivity index (χ4n) is 1.70. The average molecular weight is 244 g/mol. The van der Waals surface area contributed by atoms with Crippen molar-refractivity contribution in [2.45, 2.75) is 13.8 Å². The van der Waals surface area contributed by atoms with Crippen LogP contribution in [0.25, 0.3) is 0 Å². The molecule has 0 unspecified atom stereocenters. The topological polar surface area (TPSA) is 42.0 Å². The Kier molecular flexibility index (Phi) is 6.29. The zero-order chi connectivity index (χ0) is 12.7. The van der Waals surface area contributed by atoms with E-state index in [4.69, 9.17) is 9.47 Å². The Bertz CT molecular complexity index is 226. The van der Waals surface area contributed by atoms with Gasteiger partial charge >= 0.3 is 6.09 Å². The Morgan fingerprint density at radius 3 is 2.41 bits per heavy atom. The molecule has 1 aliphatic heterocycles. The minimum Gasteiger partial charge on any atom is -0.449 e. The first-order chi connectivity index (χ1) is 8.13. The first-order valence-corrected chi connectivity index (χ1v) is 6.26. The largest absolute Gasteiger partial charge is 0.449 e. The van der Waals surface area contributed by atoms with Crippen LogP contribution in [0.3, 0.4) is 0 Å². The van der Waals surface area contributed by atoms with Crippen LogP contribution in [0, 0.1) is 5.92 Å². The first-order valence-electron chi connectivity index (χ1n) is 6.26. The summed E-state index contributed by atoms with van der Waals surface area (Å²) in [6.07, 6.45) is -0.176. The molecule has 0 saturated carbocycles. The number of carbonyl (C=O) groups is 1. The first kappa shape index (κ1) is 14.3. The number of hydrogen-bond acceptors (Lipinski definition) is 4. The number of nitrogens with zero attached hydrogens (tertiary/aromatic N) is 2. The summed E-state index contributed by atoms with van der Waals surface area (Å²) >= 11 is 0. The molecule has 17 heavy (non-hydrogen) atoms. The highest BCUT2D eigenvalue weighted by molar-refractivity contribution is 5.67. The second kappa shape index (κ2) is 7.50. The summed E-state index contributed by atoms with van der Waals surface area (Å²) in [7, 11) is 1.71. The molecule has 5 nitrogen and oxygen atoms in total. The van der Waals surface area contributed by atoms with E-state index >= 15 is 0 Å². The summed E-state index contributed by atoms with van der Waals surface area (Å²) in [5.74, 6) is 0.391. The molecule has 1 aliphatic rings. The lowest BCUT2D eigenvalue weighted by molar-refractivity contribution is 0.0617. The fraction of sp³-hybridized carbons (Fsp3) is 0.917. The number of piperazine rings is 1. The van der Waals surface area contributed by atoms with Crippen molar-refractivity contribution < 1.29 is 14.3 Å². The number of carbonyl (C=O) groups excluding carboxylic acids is 1. The lowest BCUT2D eigenvalue weighted by atomic mass is 10.2. The standard InChI is InChI=1S/C12H24N2O3/c1-11(2)10-17-12(15)14-6-4-13(5-7-14)8-9-16-3/h11H,4-10H2,1-3H3. The van der Waals surface area contributed by atoms with Crippen LogP contribution in [0.4, 0.5) is 4.79 Å². The summed E-state index contributed by atoms with van der Waals surface area (Å²) in [4.78, 5) is 15.8. The Morgan fingerprint density at radius 2 is 1.88 bits per heavy atom.